The number of hydrogen-bond donors (Lipinski definition) is 1. The van der Waals surface area contributed by atoms with Gasteiger partial charge in [0.15, 0.2) is 0 Å². The molecule has 1 N–H and O–H groups in total. The number of benzene rings is 3. The lowest BCUT2D eigenvalue weighted by Gasteiger charge is -2.30. The number of nitrogens with one attached hydrogen (secondary N) is 1. The van der Waals surface area contributed by atoms with Crippen molar-refractivity contribution in [2.75, 3.05) is 47.9 Å². The van der Waals surface area contributed by atoms with Crippen molar-refractivity contribution in [3.63, 3.8) is 0 Å². The van der Waals surface area contributed by atoms with E-state index in [4.69, 9.17) is 4.74 Å². The predicted molar refractivity (Wildman–Crippen MR) is 126 cm³/mol. The first kappa shape index (κ1) is 21.9. The van der Waals surface area contributed by atoms with Crippen LogP contribution in [0.15, 0.2) is 83.8 Å². The summed E-state index contributed by atoms with van der Waals surface area (Å²) in [5.41, 5.74) is 2.11. The standard InChI is InChI=1S/C24H25N3O4S/c1-26(19-9-3-2-4-10-19)32(29,30)23-14-8-5-11-20(23)24(28)25-21-12-6-7-13-22(21)27-15-17-31-18-16-27/h2-14H,15-18H2,1H3,(H,25,28). The number of sulfonamides is 1. The van der Waals surface area contributed by atoms with Crippen molar-refractivity contribution >= 4 is 33.0 Å². The number of anilines is 3. The molecule has 0 aliphatic carbocycles. The minimum Gasteiger partial charge on any atom is -0.378 e. The second kappa shape index (κ2) is 9.42. The molecule has 0 atom stereocenters. The van der Waals surface area contributed by atoms with E-state index in [1.165, 1.54) is 23.5 Å². The zero-order valence-corrected chi connectivity index (χ0v) is 18.6. The quantitative estimate of drug-likeness (QED) is 0.620. The molecule has 1 aliphatic rings. The van der Waals surface area contributed by atoms with Crippen molar-refractivity contribution in [1.82, 2.24) is 0 Å². The minimum atomic E-state index is -3.95. The summed E-state index contributed by atoms with van der Waals surface area (Å²) in [6.07, 6.45) is 0. The number of para-hydroxylation sites is 3. The lowest BCUT2D eigenvalue weighted by Crippen LogP contribution is -2.36. The van der Waals surface area contributed by atoms with E-state index in [0.717, 1.165) is 18.8 Å². The molecule has 0 spiro atoms. The highest BCUT2D eigenvalue weighted by Gasteiger charge is 2.27. The third kappa shape index (κ3) is 4.46. The van der Waals surface area contributed by atoms with Crippen LogP contribution in [0.1, 0.15) is 10.4 Å². The maximum absolute atomic E-state index is 13.3. The van der Waals surface area contributed by atoms with Gasteiger partial charge in [0, 0.05) is 20.1 Å². The van der Waals surface area contributed by atoms with Crippen molar-refractivity contribution in [3.8, 4) is 0 Å². The molecule has 0 unspecified atom stereocenters. The molecular weight excluding hydrogens is 426 g/mol. The van der Waals surface area contributed by atoms with E-state index >= 15 is 0 Å². The number of hydrogen-bond acceptors (Lipinski definition) is 5. The van der Waals surface area contributed by atoms with Gasteiger partial charge in [-0.3, -0.25) is 9.10 Å². The van der Waals surface area contributed by atoms with Crippen LogP contribution in [0.3, 0.4) is 0 Å². The summed E-state index contributed by atoms with van der Waals surface area (Å²) in [6, 6.07) is 22.5. The van der Waals surface area contributed by atoms with E-state index in [1.807, 2.05) is 30.3 Å². The fraction of sp³-hybridized carbons (Fsp3) is 0.208. The Bertz CT molecular complexity index is 1190. The van der Waals surface area contributed by atoms with Gasteiger partial charge in [-0.05, 0) is 36.4 Å². The maximum atomic E-state index is 13.3. The molecule has 0 radical (unpaired) electrons. The zero-order valence-electron chi connectivity index (χ0n) is 17.8. The molecule has 0 bridgehead atoms. The summed E-state index contributed by atoms with van der Waals surface area (Å²) in [7, 11) is -2.47. The van der Waals surface area contributed by atoms with Crippen LogP contribution in [-0.2, 0) is 14.8 Å². The SMILES string of the molecule is CN(c1ccccc1)S(=O)(=O)c1ccccc1C(=O)Nc1ccccc1N1CCOCC1. The fourth-order valence-corrected chi connectivity index (χ4v) is 5.04. The summed E-state index contributed by atoms with van der Waals surface area (Å²) >= 11 is 0. The Kier molecular flexibility index (Phi) is 6.43. The molecule has 166 valence electrons. The van der Waals surface area contributed by atoms with Crippen molar-refractivity contribution in [3.05, 3.63) is 84.4 Å². The van der Waals surface area contributed by atoms with E-state index < -0.39 is 15.9 Å². The molecular formula is C24H25N3O4S. The highest BCUT2D eigenvalue weighted by atomic mass is 32.2. The van der Waals surface area contributed by atoms with Gasteiger partial charge < -0.3 is 15.0 Å². The summed E-state index contributed by atoms with van der Waals surface area (Å²) in [6.45, 7) is 2.68. The van der Waals surface area contributed by atoms with Gasteiger partial charge >= 0.3 is 0 Å². The second-order valence-corrected chi connectivity index (χ2v) is 9.31. The molecule has 1 heterocycles. The lowest BCUT2D eigenvalue weighted by atomic mass is 10.2. The van der Waals surface area contributed by atoms with E-state index in [1.54, 1.807) is 36.4 Å². The van der Waals surface area contributed by atoms with Crippen molar-refractivity contribution < 1.29 is 17.9 Å². The first-order valence-corrected chi connectivity index (χ1v) is 11.8. The number of carbonyl (C=O) groups excluding carboxylic acids is 1. The number of ether oxygens (including phenoxy) is 1. The highest BCUT2D eigenvalue weighted by molar-refractivity contribution is 7.92. The maximum Gasteiger partial charge on any atom is 0.264 e. The summed E-state index contributed by atoms with van der Waals surface area (Å²) in [4.78, 5) is 15.3. The van der Waals surface area contributed by atoms with Crippen LogP contribution in [0.4, 0.5) is 17.1 Å². The topological polar surface area (TPSA) is 79.0 Å². The largest absolute Gasteiger partial charge is 0.378 e. The normalized spacial score (nSPS) is 14.1. The zero-order chi connectivity index (χ0) is 22.6. The molecule has 0 aromatic heterocycles. The summed E-state index contributed by atoms with van der Waals surface area (Å²) in [5.74, 6) is -0.480. The average Bonchev–Trinajstić information content (AvgIpc) is 2.85. The average molecular weight is 452 g/mol. The van der Waals surface area contributed by atoms with Gasteiger partial charge in [0.05, 0.1) is 35.8 Å². The number of morpholine rings is 1. The van der Waals surface area contributed by atoms with Crippen molar-refractivity contribution in [1.29, 1.82) is 0 Å². The third-order valence-electron chi connectivity index (χ3n) is 5.39. The Labute approximate surface area is 188 Å². The van der Waals surface area contributed by atoms with Gasteiger partial charge in [0.25, 0.3) is 15.9 Å². The smallest absolute Gasteiger partial charge is 0.264 e. The highest BCUT2D eigenvalue weighted by Crippen LogP contribution is 2.29. The van der Waals surface area contributed by atoms with Gasteiger partial charge in [-0.25, -0.2) is 8.42 Å². The van der Waals surface area contributed by atoms with Crippen LogP contribution in [0.25, 0.3) is 0 Å². The predicted octanol–water partition coefficient (Wildman–Crippen LogP) is 3.60. The Hall–Kier alpha value is -3.36. The van der Waals surface area contributed by atoms with Crippen LogP contribution in [0.2, 0.25) is 0 Å². The Morgan fingerprint density at radius 2 is 1.53 bits per heavy atom. The third-order valence-corrected chi connectivity index (χ3v) is 7.24. The summed E-state index contributed by atoms with van der Waals surface area (Å²) in [5, 5.41) is 2.91. The first-order valence-electron chi connectivity index (χ1n) is 10.3. The van der Waals surface area contributed by atoms with Crippen LogP contribution in [0, 0.1) is 0 Å². The van der Waals surface area contributed by atoms with Crippen LogP contribution < -0.4 is 14.5 Å². The first-order chi connectivity index (χ1) is 15.5. The van der Waals surface area contributed by atoms with Gasteiger partial charge in [-0.15, -0.1) is 0 Å². The fourth-order valence-electron chi connectivity index (χ4n) is 3.65. The lowest BCUT2D eigenvalue weighted by molar-refractivity contribution is 0.102. The van der Waals surface area contributed by atoms with Crippen LogP contribution >= 0.6 is 0 Å². The number of amides is 1. The molecule has 1 saturated heterocycles. The van der Waals surface area contributed by atoms with E-state index in [2.05, 4.69) is 10.2 Å². The van der Waals surface area contributed by atoms with Crippen molar-refractivity contribution in [2.45, 2.75) is 4.90 Å². The van der Waals surface area contributed by atoms with E-state index in [9.17, 15) is 13.2 Å². The molecule has 0 saturated carbocycles. The van der Waals surface area contributed by atoms with E-state index in [-0.39, 0.29) is 10.5 Å². The number of rotatable bonds is 6. The van der Waals surface area contributed by atoms with Crippen LogP contribution in [-0.4, -0.2) is 47.7 Å². The van der Waals surface area contributed by atoms with Gasteiger partial charge in [0.1, 0.15) is 4.90 Å². The second-order valence-electron chi connectivity index (χ2n) is 7.37. The van der Waals surface area contributed by atoms with E-state index in [0.29, 0.717) is 24.6 Å². The van der Waals surface area contributed by atoms with Gasteiger partial charge in [-0.1, -0.05) is 42.5 Å². The monoisotopic (exact) mass is 451 g/mol. The molecule has 4 rings (SSSR count). The van der Waals surface area contributed by atoms with Crippen LogP contribution in [0.5, 0.6) is 0 Å². The Balaban J connectivity index is 1.65. The molecule has 1 fully saturated rings. The molecule has 8 heteroatoms. The Morgan fingerprint density at radius 3 is 2.28 bits per heavy atom. The number of nitrogens with zero attached hydrogens (tertiary/aromatic N) is 2. The van der Waals surface area contributed by atoms with Gasteiger partial charge in [0.2, 0.25) is 0 Å². The molecule has 3 aromatic carbocycles. The molecule has 1 amide bonds. The minimum absolute atomic E-state index is 0.0484. The molecule has 3 aromatic rings. The Morgan fingerprint density at radius 1 is 0.906 bits per heavy atom. The van der Waals surface area contributed by atoms with Crippen molar-refractivity contribution in [2.24, 2.45) is 0 Å². The summed E-state index contributed by atoms with van der Waals surface area (Å²) < 4.78 is 33.3. The van der Waals surface area contributed by atoms with Gasteiger partial charge in [-0.2, -0.15) is 0 Å². The number of carbonyl (C=O) groups is 1. The molecule has 1 aliphatic heterocycles. The molecule has 32 heavy (non-hydrogen) atoms. The molecule has 7 nitrogen and oxygen atoms in total.